The summed E-state index contributed by atoms with van der Waals surface area (Å²) in [6.45, 7) is -0.802. The van der Waals surface area contributed by atoms with Crippen molar-refractivity contribution in [2.24, 2.45) is 5.73 Å². The van der Waals surface area contributed by atoms with E-state index in [0.29, 0.717) is 0 Å². The van der Waals surface area contributed by atoms with Gasteiger partial charge in [0.1, 0.15) is 18.3 Å². The van der Waals surface area contributed by atoms with Crippen molar-refractivity contribution in [3.8, 4) is 0 Å². The van der Waals surface area contributed by atoms with Crippen LogP contribution in [0.2, 0.25) is 0 Å². The first-order chi connectivity index (χ1) is 5.91. The number of rotatable bonds is 5. The van der Waals surface area contributed by atoms with E-state index in [9.17, 15) is 4.79 Å². The van der Waals surface area contributed by atoms with Gasteiger partial charge in [-0.05, 0) is 0 Å². The Kier molecular flexibility index (Phi) is 9.00. The average Bonchev–Trinajstić information content (AvgIpc) is 2.12. The summed E-state index contributed by atoms with van der Waals surface area (Å²) in [5.74, 6) is -1.23. The van der Waals surface area contributed by atoms with Crippen molar-refractivity contribution in [1.29, 1.82) is 0 Å². The van der Waals surface area contributed by atoms with E-state index in [0.717, 1.165) is 0 Å². The second kappa shape index (κ2) is 7.55. The normalized spacial score (nSPS) is 18.9. The zero-order chi connectivity index (χ0) is 10.6. The van der Waals surface area contributed by atoms with E-state index in [1.807, 2.05) is 0 Å². The Balaban J connectivity index is -0.000000720. The van der Waals surface area contributed by atoms with E-state index in [4.69, 9.17) is 25.5 Å². The van der Waals surface area contributed by atoms with Gasteiger partial charge >= 0.3 is 29.6 Å². The van der Waals surface area contributed by atoms with Crippen molar-refractivity contribution < 1.29 is 61.3 Å². The van der Waals surface area contributed by atoms with Gasteiger partial charge < -0.3 is 32.7 Å². The van der Waals surface area contributed by atoms with Crippen LogP contribution in [0.4, 0.5) is 0 Å². The number of hydrogen-bond acceptors (Lipinski definition) is 6. The predicted molar refractivity (Wildman–Crippen MR) is 41.4 cm³/mol. The molecule has 4 atom stereocenters. The fraction of sp³-hybridized carbons (Fsp3) is 0.833. The maximum absolute atomic E-state index is 10.3. The topological polar surface area (TPSA) is 144 Å². The van der Waals surface area contributed by atoms with E-state index >= 15 is 0 Å². The van der Waals surface area contributed by atoms with E-state index < -0.39 is 36.9 Å². The van der Waals surface area contributed by atoms with Crippen molar-refractivity contribution in [1.82, 2.24) is 0 Å². The van der Waals surface area contributed by atoms with Crippen molar-refractivity contribution in [3.63, 3.8) is 0 Å². The Morgan fingerprint density at radius 2 is 1.64 bits per heavy atom. The minimum atomic E-state index is -1.98. The number of nitrogens with two attached hydrogens (primary N) is 1. The maximum Gasteiger partial charge on any atom is 1.00 e. The first-order valence-corrected chi connectivity index (χ1v) is 3.54. The van der Waals surface area contributed by atoms with Crippen LogP contribution in [0, 0.1) is 0 Å². The summed E-state index contributed by atoms with van der Waals surface area (Å²) in [7, 11) is 0. The minimum absolute atomic E-state index is 0. The molecule has 80 valence electrons. The van der Waals surface area contributed by atoms with Gasteiger partial charge in [-0.1, -0.05) is 0 Å². The zero-order valence-electron chi connectivity index (χ0n) is 8.74. The molecule has 0 fully saturated rings. The van der Waals surface area contributed by atoms with Crippen LogP contribution in [0.15, 0.2) is 0 Å². The molecule has 0 rings (SSSR count). The van der Waals surface area contributed by atoms with E-state index in [2.05, 4.69) is 5.73 Å². The van der Waals surface area contributed by atoms with Crippen molar-refractivity contribution >= 4 is 5.91 Å². The molecule has 0 radical (unpaired) electrons. The standard InChI is InChI=1S/C6H13NO6.Na.H/c7-6(13)5(12)4(11)3(10)2(9)1-8;;/h2-5,8-12H,1H2,(H2,7,13);;/q;+1;-1/t2-,3-,4+,5-;;/m1../s1. The van der Waals surface area contributed by atoms with Crippen LogP contribution in [0.25, 0.3) is 0 Å². The van der Waals surface area contributed by atoms with Gasteiger partial charge in [0.15, 0.2) is 6.10 Å². The summed E-state index contributed by atoms with van der Waals surface area (Å²) in [5.41, 5.74) is 4.61. The third kappa shape index (κ3) is 4.67. The van der Waals surface area contributed by atoms with Gasteiger partial charge in [-0.25, -0.2) is 0 Å². The SMILES string of the molecule is NC(=O)[C@H](O)[C@@H](O)[C@H](O)[C@H](O)CO.[H-].[Na+]. The van der Waals surface area contributed by atoms with Crippen LogP contribution >= 0.6 is 0 Å². The third-order valence-electron chi connectivity index (χ3n) is 1.55. The molecule has 8 heteroatoms. The summed E-state index contributed by atoms with van der Waals surface area (Å²) in [5, 5.41) is 44.0. The van der Waals surface area contributed by atoms with Gasteiger partial charge in [-0.15, -0.1) is 0 Å². The van der Waals surface area contributed by atoms with Crippen LogP contribution < -0.4 is 35.3 Å². The van der Waals surface area contributed by atoms with Crippen LogP contribution in [-0.2, 0) is 4.79 Å². The Hall–Kier alpha value is 0.270. The van der Waals surface area contributed by atoms with Crippen LogP contribution in [-0.4, -0.2) is 62.5 Å². The second-order valence-corrected chi connectivity index (χ2v) is 2.58. The summed E-state index contributed by atoms with van der Waals surface area (Å²) < 4.78 is 0. The molecule has 0 unspecified atom stereocenters. The largest absolute Gasteiger partial charge is 1.00 e. The molecule has 0 heterocycles. The molecule has 0 bridgehead atoms. The van der Waals surface area contributed by atoms with Crippen LogP contribution in [0.3, 0.4) is 0 Å². The first-order valence-electron chi connectivity index (χ1n) is 3.54. The van der Waals surface area contributed by atoms with E-state index in [-0.39, 0.29) is 31.0 Å². The predicted octanol–water partition coefficient (Wildman–Crippen LogP) is -6.98. The summed E-state index contributed by atoms with van der Waals surface area (Å²) in [6, 6.07) is 0. The minimum Gasteiger partial charge on any atom is -1.00 e. The van der Waals surface area contributed by atoms with Crippen molar-refractivity contribution in [2.45, 2.75) is 24.4 Å². The smallest absolute Gasteiger partial charge is 1.00 e. The molecule has 0 aliphatic rings. The average molecular weight is 219 g/mol. The Labute approximate surface area is 104 Å². The van der Waals surface area contributed by atoms with Crippen LogP contribution in [0.1, 0.15) is 1.43 Å². The molecule has 7 N–H and O–H groups in total. The Morgan fingerprint density at radius 3 is 1.93 bits per heavy atom. The number of carbonyl (C=O) groups excluding carboxylic acids is 1. The molecule has 0 aliphatic carbocycles. The molecule has 0 saturated carbocycles. The molecule has 7 nitrogen and oxygen atoms in total. The maximum atomic E-state index is 10.3. The number of aliphatic hydroxyl groups excluding tert-OH is 5. The zero-order valence-corrected chi connectivity index (χ0v) is 9.74. The molecule has 14 heavy (non-hydrogen) atoms. The third-order valence-corrected chi connectivity index (χ3v) is 1.55. The summed E-state index contributed by atoms with van der Waals surface area (Å²) in [4.78, 5) is 10.3. The number of hydrogen-bond donors (Lipinski definition) is 6. The first kappa shape index (κ1) is 16.7. The second-order valence-electron chi connectivity index (χ2n) is 2.58. The Bertz CT molecular complexity index is 185. The summed E-state index contributed by atoms with van der Waals surface area (Å²) in [6.07, 6.45) is -7.35. The molecule has 1 amide bonds. The number of amides is 1. The molecule has 0 aromatic rings. The molecule has 0 saturated heterocycles. The number of aliphatic hydroxyl groups is 5. The number of carbonyl (C=O) groups is 1. The molecule has 0 aromatic heterocycles. The number of primary amides is 1. The van der Waals surface area contributed by atoms with Crippen molar-refractivity contribution in [2.75, 3.05) is 6.61 Å². The molecule has 0 spiro atoms. The van der Waals surface area contributed by atoms with Crippen molar-refractivity contribution in [3.05, 3.63) is 0 Å². The molecular formula is C6H14NNaO6. The van der Waals surface area contributed by atoms with Gasteiger partial charge in [-0.3, -0.25) is 4.79 Å². The Morgan fingerprint density at radius 1 is 1.21 bits per heavy atom. The van der Waals surface area contributed by atoms with Gasteiger partial charge in [0.25, 0.3) is 0 Å². The fourth-order valence-corrected chi connectivity index (χ4v) is 0.691. The van der Waals surface area contributed by atoms with Crippen LogP contribution in [0.5, 0.6) is 0 Å². The van der Waals surface area contributed by atoms with Gasteiger partial charge in [-0.2, -0.15) is 0 Å². The van der Waals surface area contributed by atoms with Gasteiger partial charge in [0, 0.05) is 0 Å². The monoisotopic (exact) mass is 219 g/mol. The van der Waals surface area contributed by atoms with Gasteiger partial charge in [0.2, 0.25) is 5.91 Å². The molecule has 0 aliphatic heterocycles. The van der Waals surface area contributed by atoms with E-state index in [1.165, 1.54) is 0 Å². The van der Waals surface area contributed by atoms with Gasteiger partial charge in [0.05, 0.1) is 6.61 Å². The molecular weight excluding hydrogens is 205 g/mol. The fourth-order valence-electron chi connectivity index (χ4n) is 0.691. The van der Waals surface area contributed by atoms with E-state index in [1.54, 1.807) is 0 Å². The quantitative estimate of drug-likeness (QED) is 0.253. The summed E-state index contributed by atoms with van der Waals surface area (Å²) >= 11 is 0. The molecule has 0 aromatic carbocycles.